The van der Waals surface area contributed by atoms with Gasteiger partial charge in [0.1, 0.15) is 0 Å². The molecular formula is C12H23NO2S. The minimum absolute atomic E-state index is 0.110. The zero-order chi connectivity index (χ0) is 11.8. The molecule has 4 heteroatoms. The van der Waals surface area contributed by atoms with Gasteiger partial charge in [0.25, 0.3) is 0 Å². The Labute approximate surface area is 98.9 Å². The van der Waals surface area contributed by atoms with Gasteiger partial charge in [-0.15, -0.1) is 0 Å². The van der Waals surface area contributed by atoms with Crippen LogP contribution < -0.4 is 5.32 Å². The van der Waals surface area contributed by atoms with Crippen LogP contribution in [0.2, 0.25) is 0 Å². The molecule has 0 aromatic carbocycles. The van der Waals surface area contributed by atoms with Crippen LogP contribution in [0.25, 0.3) is 0 Å². The van der Waals surface area contributed by atoms with Crippen LogP contribution in [0.1, 0.15) is 46.0 Å². The van der Waals surface area contributed by atoms with E-state index < -0.39 is 9.84 Å². The average Bonchev–Trinajstić information content (AvgIpc) is 2.25. The lowest BCUT2D eigenvalue weighted by molar-refractivity contribution is 0.270. The van der Waals surface area contributed by atoms with Crippen LogP contribution in [0.5, 0.6) is 0 Å². The van der Waals surface area contributed by atoms with Crippen molar-refractivity contribution in [2.24, 2.45) is 5.92 Å². The van der Waals surface area contributed by atoms with E-state index in [1.165, 1.54) is 19.3 Å². The lowest BCUT2D eigenvalue weighted by Crippen LogP contribution is -2.58. The second kappa shape index (κ2) is 4.65. The molecule has 1 aliphatic carbocycles. The highest BCUT2D eigenvalue weighted by Crippen LogP contribution is 2.35. The first-order valence-corrected chi connectivity index (χ1v) is 8.12. The fraction of sp³-hybridized carbons (Fsp3) is 1.00. The summed E-state index contributed by atoms with van der Waals surface area (Å²) in [5.41, 5.74) is 0. The minimum Gasteiger partial charge on any atom is -0.311 e. The molecule has 1 N–H and O–H groups in total. The van der Waals surface area contributed by atoms with Crippen molar-refractivity contribution in [2.45, 2.75) is 62.5 Å². The fourth-order valence-electron chi connectivity index (χ4n) is 3.21. The van der Waals surface area contributed by atoms with Crippen molar-refractivity contribution in [3.05, 3.63) is 0 Å². The molecule has 1 aliphatic heterocycles. The Balaban J connectivity index is 2.12. The molecule has 94 valence electrons. The Morgan fingerprint density at radius 3 is 2.75 bits per heavy atom. The number of nitrogens with one attached hydrogen (secondary N) is 1. The molecule has 0 radical (unpaired) electrons. The molecule has 1 saturated carbocycles. The predicted octanol–water partition coefficient (Wildman–Crippen LogP) is 1.73. The third-order valence-corrected chi connectivity index (χ3v) is 6.90. The second-order valence-electron chi connectivity index (χ2n) is 5.42. The van der Waals surface area contributed by atoms with Gasteiger partial charge in [0, 0.05) is 12.6 Å². The third-order valence-electron chi connectivity index (χ3n) is 4.25. The number of sulfone groups is 1. The summed E-state index contributed by atoms with van der Waals surface area (Å²) in [5.74, 6) is 0.633. The molecule has 0 bridgehead atoms. The molecule has 4 atom stereocenters. The number of hydrogen-bond donors (Lipinski definition) is 1. The van der Waals surface area contributed by atoms with E-state index in [0.717, 1.165) is 12.8 Å². The Hall–Kier alpha value is -0.0900. The SMILES string of the molecule is CCCC1CCC2NCC(C)S(=O)(=O)C2C1. The quantitative estimate of drug-likeness (QED) is 0.806. The standard InChI is InChI=1S/C12H23NO2S/c1-3-4-10-5-6-11-12(7-10)16(14,15)9(2)8-13-11/h9-13H,3-8H2,1-2H3. The van der Waals surface area contributed by atoms with E-state index in [4.69, 9.17) is 0 Å². The Morgan fingerprint density at radius 1 is 1.31 bits per heavy atom. The van der Waals surface area contributed by atoms with Crippen molar-refractivity contribution < 1.29 is 8.42 Å². The first-order chi connectivity index (χ1) is 7.55. The normalized spacial score (nSPS) is 42.6. The molecule has 16 heavy (non-hydrogen) atoms. The minimum atomic E-state index is -2.88. The predicted molar refractivity (Wildman–Crippen MR) is 66.2 cm³/mol. The van der Waals surface area contributed by atoms with Gasteiger partial charge >= 0.3 is 0 Å². The highest BCUT2D eigenvalue weighted by Gasteiger charge is 2.44. The van der Waals surface area contributed by atoms with Crippen molar-refractivity contribution in [1.29, 1.82) is 0 Å². The largest absolute Gasteiger partial charge is 0.311 e. The highest BCUT2D eigenvalue weighted by molar-refractivity contribution is 7.92. The lowest BCUT2D eigenvalue weighted by Gasteiger charge is -2.41. The molecule has 0 aromatic rings. The van der Waals surface area contributed by atoms with E-state index in [9.17, 15) is 8.42 Å². The number of fused-ring (bicyclic) bond motifs is 1. The first kappa shape index (κ1) is 12.4. The zero-order valence-electron chi connectivity index (χ0n) is 10.3. The summed E-state index contributed by atoms with van der Waals surface area (Å²) in [5, 5.41) is 3.10. The van der Waals surface area contributed by atoms with E-state index in [2.05, 4.69) is 12.2 Å². The highest BCUT2D eigenvalue weighted by atomic mass is 32.2. The van der Waals surface area contributed by atoms with Crippen LogP contribution in [-0.2, 0) is 9.84 Å². The van der Waals surface area contributed by atoms with Gasteiger partial charge in [-0.1, -0.05) is 19.8 Å². The smallest absolute Gasteiger partial charge is 0.158 e. The summed E-state index contributed by atoms with van der Waals surface area (Å²) in [6.45, 7) is 4.66. The van der Waals surface area contributed by atoms with E-state index in [-0.39, 0.29) is 16.5 Å². The molecule has 2 aliphatic rings. The second-order valence-corrected chi connectivity index (χ2v) is 8.01. The van der Waals surface area contributed by atoms with Crippen molar-refractivity contribution in [2.75, 3.05) is 6.54 Å². The van der Waals surface area contributed by atoms with Crippen LogP contribution in [0, 0.1) is 5.92 Å². The fourth-order valence-corrected chi connectivity index (χ4v) is 5.37. The topological polar surface area (TPSA) is 46.2 Å². The number of hydrogen-bond acceptors (Lipinski definition) is 3. The molecule has 1 heterocycles. The summed E-state index contributed by atoms with van der Waals surface area (Å²) in [6.07, 6.45) is 5.49. The summed E-state index contributed by atoms with van der Waals surface area (Å²) >= 11 is 0. The van der Waals surface area contributed by atoms with Gasteiger partial charge in [0.05, 0.1) is 10.5 Å². The molecule has 0 amide bonds. The molecule has 1 saturated heterocycles. The maximum atomic E-state index is 12.3. The van der Waals surface area contributed by atoms with Crippen LogP contribution in [0.4, 0.5) is 0 Å². The van der Waals surface area contributed by atoms with Crippen LogP contribution >= 0.6 is 0 Å². The van der Waals surface area contributed by atoms with Gasteiger partial charge in [0.15, 0.2) is 9.84 Å². The van der Waals surface area contributed by atoms with E-state index >= 15 is 0 Å². The summed E-state index contributed by atoms with van der Waals surface area (Å²) in [4.78, 5) is 0. The van der Waals surface area contributed by atoms with E-state index in [1.807, 2.05) is 6.92 Å². The molecule has 4 unspecified atom stereocenters. The van der Waals surface area contributed by atoms with Crippen LogP contribution in [0.3, 0.4) is 0 Å². The molecule has 0 spiro atoms. The van der Waals surface area contributed by atoms with Gasteiger partial charge in [-0.2, -0.15) is 0 Å². The molecular weight excluding hydrogens is 222 g/mol. The summed E-state index contributed by atoms with van der Waals surface area (Å²) in [7, 11) is -2.88. The van der Waals surface area contributed by atoms with Crippen molar-refractivity contribution in [3.8, 4) is 0 Å². The van der Waals surface area contributed by atoms with Crippen molar-refractivity contribution >= 4 is 9.84 Å². The average molecular weight is 245 g/mol. The molecule has 3 nitrogen and oxygen atoms in total. The zero-order valence-corrected chi connectivity index (χ0v) is 11.1. The van der Waals surface area contributed by atoms with Crippen molar-refractivity contribution in [1.82, 2.24) is 5.32 Å². The van der Waals surface area contributed by atoms with Gasteiger partial charge in [0.2, 0.25) is 0 Å². The maximum Gasteiger partial charge on any atom is 0.158 e. The molecule has 0 aromatic heterocycles. The Morgan fingerprint density at radius 2 is 2.06 bits per heavy atom. The maximum absolute atomic E-state index is 12.3. The van der Waals surface area contributed by atoms with E-state index in [1.54, 1.807) is 0 Å². The van der Waals surface area contributed by atoms with E-state index in [0.29, 0.717) is 12.5 Å². The van der Waals surface area contributed by atoms with Gasteiger partial charge in [-0.05, 0) is 32.1 Å². The first-order valence-electron chi connectivity index (χ1n) is 6.51. The molecule has 2 fully saturated rings. The molecule has 2 rings (SSSR count). The van der Waals surface area contributed by atoms with Crippen LogP contribution in [0.15, 0.2) is 0 Å². The van der Waals surface area contributed by atoms with Gasteiger partial charge < -0.3 is 5.32 Å². The van der Waals surface area contributed by atoms with Crippen LogP contribution in [-0.4, -0.2) is 31.5 Å². The Kier molecular flexibility index (Phi) is 3.59. The van der Waals surface area contributed by atoms with Gasteiger partial charge in [-0.3, -0.25) is 0 Å². The van der Waals surface area contributed by atoms with Crippen molar-refractivity contribution in [3.63, 3.8) is 0 Å². The Bertz CT molecular complexity index is 339. The summed E-state index contributed by atoms with van der Waals surface area (Å²) < 4.78 is 24.5. The third kappa shape index (κ3) is 2.14. The van der Waals surface area contributed by atoms with Gasteiger partial charge in [-0.25, -0.2) is 8.42 Å². The monoisotopic (exact) mass is 245 g/mol. The lowest BCUT2D eigenvalue weighted by atomic mass is 9.83. The summed E-state index contributed by atoms with van der Waals surface area (Å²) in [6, 6.07) is 0.231. The number of rotatable bonds is 2.